The van der Waals surface area contributed by atoms with Gasteiger partial charge in [0.2, 0.25) is 0 Å². The predicted molar refractivity (Wildman–Crippen MR) is 116 cm³/mol. The lowest BCUT2D eigenvalue weighted by Gasteiger charge is -2.09. The summed E-state index contributed by atoms with van der Waals surface area (Å²) in [5, 5.41) is 13.0. The van der Waals surface area contributed by atoms with E-state index in [1.807, 2.05) is 72.7 Å². The molecule has 0 saturated heterocycles. The molecule has 0 radical (unpaired) electrons. The van der Waals surface area contributed by atoms with Crippen molar-refractivity contribution < 1.29 is 4.79 Å². The van der Waals surface area contributed by atoms with E-state index in [1.54, 1.807) is 0 Å². The maximum atomic E-state index is 13.4. The first-order chi connectivity index (χ1) is 14.5. The number of aromatic nitrogens is 5. The van der Waals surface area contributed by atoms with Gasteiger partial charge in [-0.25, -0.2) is 9.67 Å². The zero-order valence-electron chi connectivity index (χ0n) is 17.4. The van der Waals surface area contributed by atoms with Crippen LogP contribution in [0.5, 0.6) is 0 Å². The molecule has 1 aliphatic rings. The zero-order chi connectivity index (χ0) is 20.8. The number of carbonyl (C=O) groups is 1. The van der Waals surface area contributed by atoms with Gasteiger partial charge in [-0.2, -0.15) is 10.2 Å². The maximum absolute atomic E-state index is 13.4. The highest BCUT2D eigenvalue weighted by Gasteiger charge is 2.29. The molecule has 1 aliphatic carbocycles. The average molecular weight is 400 g/mol. The summed E-state index contributed by atoms with van der Waals surface area (Å²) in [6, 6.07) is 11.9. The van der Waals surface area contributed by atoms with Crippen molar-refractivity contribution in [1.29, 1.82) is 0 Å². The van der Waals surface area contributed by atoms with Gasteiger partial charge in [0.15, 0.2) is 5.65 Å². The number of pyridine rings is 1. The van der Waals surface area contributed by atoms with Crippen LogP contribution in [0.1, 0.15) is 53.1 Å². The Bertz CT molecular complexity index is 1250. The number of anilines is 1. The molecule has 7 nitrogen and oxygen atoms in total. The topological polar surface area (TPSA) is 77.6 Å². The molecule has 1 aromatic carbocycles. The largest absolute Gasteiger partial charge is 0.319 e. The van der Waals surface area contributed by atoms with Gasteiger partial charge in [-0.15, -0.1) is 0 Å². The Morgan fingerprint density at radius 1 is 1.13 bits per heavy atom. The van der Waals surface area contributed by atoms with Crippen molar-refractivity contribution in [2.45, 2.75) is 46.1 Å². The van der Waals surface area contributed by atoms with Crippen LogP contribution >= 0.6 is 0 Å². The molecule has 0 atom stereocenters. The quantitative estimate of drug-likeness (QED) is 0.539. The van der Waals surface area contributed by atoms with E-state index in [4.69, 9.17) is 10.1 Å². The molecule has 3 aromatic heterocycles. The molecule has 1 saturated carbocycles. The molecule has 0 bridgehead atoms. The molecule has 152 valence electrons. The Labute approximate surface area is 174 Å². The number of para-hydroxylation sites is 1. The van der Waals surface area contributed by atoms with Crippen LogP contribution < -0.4 is 5.32 Å². The van der Waals surface area contributed by atoms with Crippen molar-refractivity contribution in [3.05, 3.63) is 65.2 Å². The van der Waals surface area contributed by atoms with Gasteiger partial charge < -0.3 is 5.32 Å². The third-order valence-corrected chi connectivity index (χ3v) is 5.59. The molecule has 1 fully saturated rings. The van der Waals surface area contributed by atoms with Crippen molar-refractivity contribution in [2.75, 3.05) is 5.32 Å². The van der Waals surface area contributed by atoms with E-state index < -0.39 is 0 Å². The monoisotopic (exact) mass is 400 g/mol. The number of nitrogens with one attached hydrogen (secondary N) is 1. The van der Waals surface area contributed by atoms with E-state index in [0.29, 0.717) is 11.5 Å². The summed E-state index contributed by atoms with van der Waals surface area (Å²) in [5.74, 6) is 0.267. The Balaban J connectivity index is 1.64. The smallest absolute Gasteiger partial charge is 0.256 e. The number of aryl methyl sites for hydroxylation is 3. The molecule has 4 aromatic rings. The number of nitrogens with zero attached hydrogens (tertiary/aromatic N) is 5. The minimum absolute atomic E-state index is 0.154. The Morgan fingerprint density at radius 2 is 1.90 bits per heavy atom. The second-order valence-electron chi connectivity index (χ2n) is 7.84. The molecule has 1 N–H and O–H groups in total. The van der Waals surface area contributed by atoms with Crippen molar-refractivity contribution in [3.8, 4) is 5.69 Å². The summed E-state index contributed by atoms with van der Waals surface area (Å²) in [4.78, 5) is 18.3. The number of hydrogen-bond donors (Lipinski definition) is 1. The van der Waals surface area contributed by atoms with Crippen LogP contribution in [0.4, 0.5) is 5.69 Å². The standard InChI is InChI=1S/C23H24N6O/c1-4-28-13-20(14(2)26-28)25-23(30)18-12-19(16-10-11-16)24-22-21(18)15(3)27-29(22)17-8-6-5-7-9-17/h5-9,12-13,16H,4,10-11H2,1-3H3,(H,25,30). The zero-order valence-corrected chi connectivity index (χ0v) is 17.4. The molecule has 1 amide bonds. The number of hydrogen-bond acceptors (Lipinski definition) is 4. The second-order valence-corrected chi connectivity index (χ2v) is 7.84. The van der Waals surface area contributed by atoms with E-state index in [-0.39, 0.29) is 5.91 Å². The fourth-order valence-electron chi connectivity index (χ4n) is 3.82. The van der Waals surface area contributed by atoms with Gasteiger partial charge >= 0.3 is 0 Å². The molecule has 30 heavy (non-hydrogen) atoms. The number of rotatable bonds is 5. The van der Waals surface area contributed by atoms with Gasteiger partial charge in [0.25, 0.3) is 5.91 Å². The molecule has 0 spiro atoms. The Kier molecular flexibility index (Phi) is 4.38. The highest BCUT2D eigenvalue weighted by Crippen LogP contribution is 2.40. The summed E-state index contributed by atoms with van der Waals surface area (Å²) in [7, 11) is 0. The van der Waals surface area contributed by atoms with Crippen LogP contribution in [-0.2, 0) is 6.54 Å². The van der Waals surface area contributed by atoms with Crippen LogP contribution in [0, 0.1) is 13.8 Å². The Morgan fingerprint density at radius 3 is 2.57 bits per heavy atom. The number of carbonyl (C=O) groups excluding carboxylic acids is 1. The summed E-state index contributed by atoms with van der Waals surface area (Å²) in [6.45, 7) is 6.61. The van der Waals surface area contributed by atoms with Crippen molar-refractivity contribution in [1.82, 2.24) is 24.5 Å². The fourth-order valence-corrected chi connectivity index (χ4v) is 3.82. The van der Waals surface area contributed by atoms with Gasteiger partial charge in [0.1, 0.15) is 0 Å². The van der Waals surface area contributed by atoms with E-state index in [0.717, 1.165) is 58.9 Å². The lowest BCUT2D eigenvalue weighted by atomic mass is 10.1. The lowest BCUT2D eigenvalue weighted by molar-refractivity contribution is 0.102. The third-order valence-electron chi connectivity index (χ3n) is 5.59. The van der Waals surface area contributed by atoms with Crippen molar-refractivity contribution >= 4 is 22.6 Å². The van der Waals surface area contributed by atoms with E-state index in [2.05, 4.69) is 10.4 Å². The van der Waals surface area contributed by atoms with Crippen LogP contribution in [0.25, 0.3) is 16.7 Å². The van der Waals surface area contributed by atoms with Gasteiger partial charge in [-0.05, 0) is 51.8 Å². The number of fused-ring (bicyclic) bond motifs is 1. The minimum Gasteiger partial charge on any atom is -0.319 e. The summed E-state index contributed by atoms with van der Waals surface area (Å²) >= 11 is 0. The highest BCUT2D eigenvalue weighted by atomic mass is 16.1. The molecule has 5 rings (SSSR count). The highest BCUT2D eigenvalue weighted by molar-refractivity contribution is 6.13. The molecule has 7 heteroatoms. The van der Waals surface area contributed by atoms with Crippen LogP contribution in [0.3, 0.4) is 0 Å². The summed E-state index contributed by atoms with van der Waals surface area (Å²) in [5.41, 5.74) is 5.56. The fraction of sp³-hybridized carbons (Fsp3) is 0.304. The van der Waals surface area contributed by atoms with Crippen molar-refractivity contribution in [3.63, 3.8) is 0 Å². The van der Waals surface area contributed by atoms with Crippen LogP contribution in [-0.4, -0.2) is 30.5 Å². The second kappa shape index (κ2) is 7.09. The van der Waals surface area contributed by atoms with E-state index in [9.17, 15) is 4.79 Å². The normalized spacial score (nSPS) is 13.7. The van der Waals surface area contributed by atoms with Gasteiger partial charge in [0.05, 0.1) is 33.7 Å². The summed E-state index contributed by atoms with van der Waals surface area (Å²) < 4.78 is 3.66. The molecular weight excluding hydrogens is 376 g/mol. The molecule has 0 aliphatic heterocycles. The molecule has 3 heterocycles. The SMILES string of the molecule is CCn1cc(NC(=O)c2cc(C3CC3)nc3c2c(C)nn3-c2ccccc2)c(C)n1. The lowest BCUT2D eigenvalue weighted by Crippen LogP contribution is -2.14. The third kappa shape index (κ3) is 3.16. The van der Waals surface area contributed by atoms with Crippen molar-refractivity contribution in [2.24, 2.45) is 0 Å². The van der Waals surface area contributed by atoms with E-state index >= 15 is 0 Å². The Hall–Kier alpha value is -3.48. The first-order valence-electron chi connectivity index (χ1n) is 10.4. The molecule has 0 unspecified atom stereocenters. The van der Waals surface area contributed by atoms with Gasteiger partial charge in [-0.3, -0.25) is 9.48 Å². The van der Waals surface area contributed by atoms with Crippen LogP contribution in [0.2, 0.25) is 0 Å². The average Bonchev–Trinajstić information content (AvgIpc) is 3.48. The number of amides is 1. The molecular formula is C23H24N6O. The maximum Gasteiger partial charge on any atom is 0.256 e. The van der Waals surface area contributed by atoms with E-state index in [1.165, 1.54) is 0 Å². The summed E-state index contributed by atoms with van der Waals surface area (Å²) in [6.07, 6.45) is 4.09. The van der Waals surface area contributed by atoms with Crippen LogP contribution in [0.15, 0.2) is 42.6 Å². The predicted octanol–water partition coefficient (Wildman–Crippen LogP) is 4.38. The van der Waals surface area contributed by atoms with Gasteiger partial charge in [0, 0.05) is 24.4 Å². The number of benzene rings is 1. The first kappa shape index (κ1) is 18.5. The first-order valence-corrected chi connectivity index (χ1v) is 10.4. The van der Waals surface area contributed by atoms with Gasteiger partial charge in [-0.1, -0.05) is 18.2 Å². The minimum atomic E-state index is -0.154.